The molecular weight excluding hydrogens is 254 g/mol. The van der Waals surface area contributed by atoms with Gasteiger partial charge in [-0.25, -0.2) is 4.79 Å². The minimum absolute atomic E-state index is 0.0264. The highest BCUT2D eigenvalue weighted by Gasteiger charge is 2.14. The molecule has 0 bridgehead atoms. The number of nitrogens with two attached hydrogens (primary N) is 1. The third-order valence-corrected chi connectivity index (χ3v) is 2.31. The van der Waals surface area contributed by atoms with Crippen molar-refractivity contribution in [3.05, 3.63) is 29.8 Å². The maximum atomic E-state index is 11.4. The molecule has 1 atom stereocenters. The Morgan fingerprint density at radius 2 is 1.74 bits per heavy atom. The summed E-state index contributed by atoms with van der Waals surface area (Å²) in [5.41, 5.74) is 5.32. The summed E-state index contributed by atoms with van der Waals surface area (Å²) in [4.78, 5) is 32.4. The third-order valence-electron chi connectivity index (χ3n) is 2.31. The predicted molar refractivity (Wildman–Crippen MR) is 63.9 cm³/mol. The number of hydrogen-bond donors (Lipinski definition) is 3. The Bertz CT molecular complexity index is 481. The van der Waals surface area contributed by atoms with E-state index in [2.05, 4.69) is 0 Å². The van der Waals surface area contributed by atoms with Crippen molar-refractivity contribution in [2.75, 3.05) is 0 Å². The monoisotopic (exact) mass is 267 g/mol. The van der Waals surface area contributed by atoms with Crippen LogP contribution >= 0.6 is 0 Å². The average molecular weight is 267 g/mol. The molecule has 0 unspecified atom stereocenters. The van der Waals surface area contributed by atoms with E-state index in [-0.39, 0.29) is 24.2 Å². The number of benzene rings is 1. The van der Waals surface area contributed by atoms with Gasteiger partial charge in [0.1, 0.15) is 11.8 Å². The van der Waals surface area contributed by atoms with Crippen LogP contribution < -0.4 is 10.5 Å². The van der Waals surface area contributed by atoms with E-state index in [1.807, 2.05) is 0 Å². The van der Waals surface area contributed by atoms with Crippen molar-refractivity contribution >= 4 is 17.9 Å². The van der Waals surface area contributed by atoms with E-state index >= 15 is 0 Å². The summed E-state index contributed by atoms with van der Waals surface area (Å²) in [6.07, 6.45) is -0.157. The fourth-order valence-electron chi connectivity index (χ4n) is 1.24. The molecule has 0 aromatic heterocycles. The van der Waals surface area contributed by atoms with Gasteiger partial charge in [0, 0.05) is 6.42 Å². The largest absolute Gasteiger partial charge is 0.480 e. The van der Waals surface area contributed by atoms with Crippen LogP contribution in [0.2, 0.25) is 0 Å². The fourth-order valence-corrected chi connectivity index (χ4v) is 1.24. The highest BCUT2D eigenvalue weighted by Crippen LogP contribution is 2.13. The van der Waals surface area contributed by atoms with Gasteiger partial charge in [0.2, 0.25) is 0 Å². The Morgan fingerprint density at radius 1 is 1.16 bits per heavy atom. The lowest BCUT2D eigenvalue weighted by Crippen LogP contribution is -2.31. The van der Waals surface area contributed by atoms with E-state index in [0.29, 0.717) is 0 Å². The summed E-state index contributed by atoms with van der Waals surface area (Å²) in [6, 6.07) is 4.18. The maximum Gasteiger partial charge on any atom is 0.335 e. The van der Waals surface area contributed by atoms with E-state index in [1.54, 1.807) is 0 Å². The molecule has 0 fully saturated rings. The van der Waals surface area contributed by atoms with Gasteiger partial charge in [0.15, 0.2) is 0 Å². The third kappa shape index (κ3) is 4.76. The normalized spacial score (nSPS) is 11.6. The van der Waals surface area contributed by atoms with Gasteiger partial charge < -0.3 is 20.7 Å². The molecule has 19 heavy (non-hydrogen) atoms. The fraction of sp³-hybridized carbons (Fsp3) is 0.250. The van der Waals surface area contributed by atoms with Crippen LogP contribution in [0.5, 0.6) is 5.75 Å². The Labute approximate surface area is 108 Å². The topological polar surface area (TPSA) is 127 Å². The zero-order chi connectivity index (χ0) is 14.4. The molecule has 0 aliphatic carbocycles. The molecule has 1 aromatic rings. The Kier molecular flexibility index (Phi) is 5.01. The highest BCUT2D eigenvalue weighted by molar-refractivity contribution is 5.87. The van der Waals surface area contributed by atoms with Crippen molar-refractivity contribution in [2.24, 2.45) is 5.73 Å². The molecule has 7 nitrogen and oxygen atoms in total. The first-order valence-electron chi connectivity index (χ1n) is 5.42. The van der Waals surface area contributed by atoms with E-state index in [1.165, 1.54) is 24.3 Å². The lowest BCUT2D eigenvalue weighted by molar-refractivity contribution is -0.139. The number of rotatable bonds is 6. The molecule has 4 N–H and O–H groups in total. The standard InChI is InChI=1S/C12H13NO6/c13-9(12(17)18)5-6-10(14)19-8-3-1-7(2-4-8)11(15)16/h1-4,9H,5-6,13H2,(H,15,16)(H,17,18)/t9-/m0/s1. The Hall–Kier alpha value is -2.41. The number of carboxylic acids is 2. The number of carbonyl (C=O) groups excluding carboxylic acids is 1. The molecule has 1 rings (SSSR count). The zero-order valence-corrected chi connectivity index (χ0v) is 9.91. The van der Waals surface area contributed by atoms with Crippen molar-refractivity contribution in [3.63, 3.8) is 0 Å². The summed E-state index contributed by atoms with van der Waals surface area (Å²) < 4.78 is 4.90. The maximum absolute atomic E-state index is 11.4. The van der Waals surface area contributed by atoms with Crippen LogP contribution in [0.25, 0.3) is 0 Å². The number of carbonyl (C=O) groups is 3. The van der Waals surface area contributed by atoms with Crippen LogP contribution in [0.15, 0.2) is 24.3 Å². The van der Waals surface area contributed by atoms with Crippen LogP contribution in [0.4, 0.5) is 0 Å². The second-order valence-electron chi connectivity index (χ2n) is 3.79. The summed E-state index contributed by atoms with van der Waals surface area (Å²) in [7, 11) is 0. The van der Waals surface area contributed by atoms with Gasteiger partial charge in [-0.3, -0.25) is 9.59 Å². The highest BCUT2D eigenvalue weighted by atomic mass is 16.5. The van der Waals surface area contributed by atoms with Crippen LogP contribution in [0, 0.1) is 0 Å². The minimum atomic E-state index is -1.18. The van der Waals surface area contributed by atoms with Gasteiger partial charge in [-0.05, 0) is 30.7 Å². The lowest BCUT2D eigenvalue weighted by atomic mass is 10.2. The molecule has 0 spiro atoms. The molecule has 0 heterocycles. The summed E-state index contributed by atoms with van der Waals surface area (Å²) >= 11 is 0. The van der Waals surface area contributed by atoms with Gasteiger partial charge in [-0.1, -0.05) is 0 Å². The molecule has 102 valence electrons. The van der Waals surface area contributed by atoms with E-state index in [9.17, 15) is 14.4 Å². The average Bonchev–Trinajstić information content (AvgIpc) is 2.36. The van der Waals surface area contributed by atoms with Gasteiger partial charge >= 0.3 is 17.9 Å². The van der Waals surface area contributed by atoms with Crippen LogP contribution in [-0.2, 0) is 9.59 Å². The Balaban J connectivity index is 2.48. The first-order valence-corrected chi connectivity index (χ1v) is 5.42. The van der Waals surface area contributed by atoms with Crippen molar-refractivity contribution in [3.8, 4) is 5.75 Å². The van der Waals surface area contributed by atoms with Crippen molar-refractivity contribution in [2.45, 2.75) is 18.9 Å². The van der Waals surface area contributed by atoms with Crippen molar-refractivity contribution < 1.29 is 29.3 Å². The summed E-state index contributed by atoms with van der Waals surface area (Å²) in [5.74, 6) is -2.69. The molecule has 0 amide bonds. The first-order chi connectivity index (χ1) is 8.90. The number of aliphatic carboxylic acids is 1. The van der Waals surface area contributed by atoms with Crippen molar-refractivity contribution in [1.29, 1.82) is 0 Å². The van der Waals surface area contributed by atoms with Crippen molar-refractivity contribution in [1.82, 2.24) is 0 Å². The van der Waals surface area contributed by atoms with E-state index < -0.39 is 23.9 Å². The predicted octanol–water partition coefficient (Wildman–Crippen LogP) is 0.482. The molecule has 0 saturated heterocycles. The SMILES string of the molecule is N[C@@H](CCC(=O)Oc1ccc(C(=O)O)cc1)C(=O)O. The smallest absolute Gasteiger partial charge is 0.335 e. The molecule has 0 aliphatic rings. The number of aromatic carboxylic acids is 1. The lowest BCUT2D eigenvalue weighted by Gasteiger charge is -2.06. The molecule has 0 saturated carbocycles. The second-order valence-corrected chi connectivity index (χ2v) is 3.79. The molecule has 7 heteroatoms. The quantitative estimate of drug-likeness (QED) is 0.505. The minimum Gasteiger partial charge on any atom is -0.480 e. The van der Waals surface area contributed by atoms with Gasteiger partial charge in [0.05, 0.1) is 5.56 Å². The summed E-state index contributed by atoms with van der Waals surface area (Å²) in [6.45, 7) is 0. The van der Waals surface area contributed by atoms with Crippen LogP contribution in [0.3, 0.4) is 0 Å². The van der Waals surface area contributed by atoms with Gasteiger partial charge in [0.25, 0.3) is 0 Å². The molecule has 0 aliphatic heterocycles. The van der Waals surface area contributed by atoms with Crippen LogP contribution in [0.1, 0.15) is 23.2 Å². The number of carboxylic acid groups (broad SMARTS) is 2. The zero-order valence-electron chi connectivity index (χ0n) is 9.91. The van der Waals surface area contributed by atoms with Gasteiger partial charge in [-0.15, -0.1) is 0 Å². The summed E-state index contributed by atoms with van der Waals surface area (Å²) in [5, 5.41) is 17.2. The van der Waals surface area contributed by atoms with Gasteiger partial charge in [-0.2, -0.15) is 0 Å². The number of ether oxygens (including phenoxy) is 1. The number of esters is 1. The second kappa shape index (κ2) is 6.50. The van der Waals surface area contributed by atoms with E-state index in [0.717, 1.165) is 0 Å². The molecule has 0 radical (unpaired) electrons. The molecular formula is C12H13NO6. The van der Waals surface area contributed by atoms with E-state index in [4.69, 9.17) is 20.7 Å². The Morgan fingerprint density at radius 3 is 2.21 bits per heavy atom. The first kappa shape index (κ1) is 14.7. The number of hydrogen-bond acceptors (Lipinski definition) is 5. The molecule has 1 aromatic carbocycles. The van der Waals surface area contributed by atoms with Crippen LogP contribution in [-0.4, -0.2) is 34.2 Å².